The second-order valence-electron chi connectivity index (χ2n) is 1.97. The topological polar surface area (TPSA) is 35.5 Å². The van der Waals surface area contributed by atoms with Gasteiger partial charge in [0.2, 0.25) is 0 Å². The SMILES string of the molecule is [CH2]C1OC(=O)OC1CC. The number of cyclic esters (lactones) is 2. The van der Waals surface area contributed by atoms with E-state index in [0.29, 0.717) is 0 Å². The first-order chi connectivity index (χ1) is 4.24. The molecule has 1 aliphatic heterocycles. The van der Waals surface area contributed by atoms with E-state index in [4.69, 9.17) is 4.74 Å². The number of carbonyl (C=O) groups is 1. The first-order valence-electron chi connectivity index (χ1n) is 2.94. The summed E-state index contributed by atoms with van der Waals surface area (Å²) in [5, 5.41) is 0. The van der Waals surface area contributed by atoms with E-state index in [1.165, 1.54) is 0 Å². The number of hydrogen-bond donors (Lipinski definition) is 0. The second-order valence-corrected chi connectivity index (χ2v) is 1.97. The smallest absolute Gasteiger partial charge is 0.427 e. The maximum Gasteiger partial charge on any atom is 0.509 e. The molecule has 3 nitrogen and oxygen atoms in total. The Morgan fingerprint density at radius 2 is 2.33 bits per heavy atom. The minimum Gasteiger partial charge on any atom is -0.427 e. The average molecular weight is 129 g/mol. The van der Waals surface area contributed by atoms with Crippen molar-refractivity contribution in [1.29, 1.82) is 0 Å². The van der Waals surface area contributed by atoms with Gasteiger partial charge in [0.15, 0.2) is 0 Å². The zero-order valence-corrected chi connectivity index (χ0v) is 5.29. The fraction of sp³-hybridized carbons (Fsp3) is 0.667. The molecule has 0 aromatic carbocycles. The lowest BCUT2D eigenvalue weighted by atomic mass is 10.2. The quantitative estimate of drug-likeness (QED) is 0.498. The summed E-state index contributed by atoms with van der Waals surface area (Å²) < 4.78 is 9.29. The minimum atomic E-state index is -0.596. The van der Waals surface area contributed by atoms with E-state index >= 15 is 0 Å². The Labute approximate surface area is 53.9 Å². The van der Waals surface area contributed by atoms with Gasteiger partial charge in [-0.05, 0) is 13.3 Å². The van der Waals surface area contributed by atoms with E-state index in [1.807, 2.05) is 6.92 Å². The summed E-state index contributed by atoms with van der Waals surface area (Å²) in [4.78, 5) is 10.3. The molecule has 0 saturated carbocycles. The molecule has 2 atom stereocenters. The molecule has 1 aliphatic rings. The molecule has 0 spiro atoms. The molecule has 1 saturated heterocycles. The molecule has 0 aromatic heterocycles. The monoisotopic (exact) mass is 129 g/mol. The summed E-state index contributed by atoms with van der Waals surface area (Å²) >= 11 is 0. The number of carbonyl (C=O) groups excluding carboxylic acids is 1. The molecule has 0 N–H and O–H groups in total. The van der Waals surface area contributed by atoms with Crippen LogP contribution in [0.2, 0.25) is 0 Å². The van der Waals surface area contributed by atoms with E-state index in [9.17, 15) is 4.79 Å². The van der Waals surface area contributed by atoms with E-state index in [2.05, 4.69) is 11.7 Å². The van der Waals surface area contributed by atoms with Crippen molar-refractivity contribution in [3.63, 3.8) is 0 Å². The van der Waals surface area contributed by atoms with E-state index in [1.54, 1.807) is 0 Å². The van der Waals surface area contributed by atoms with E-state index in [-0.39, 0.29) is 12.2 Å². The molecule has 1 fully saturated rings. The summed E-state index contributed by atoms with van der Waals surface area (Å²) in [6.07, 6.45) is -0.290. The van der Waals surface area contributed by atoms with E-state index in [0.717, 1.165) is 6.42 Å². The van der Waals surface area contributed by atoms with Crippen molar-refractivity contribution in [2.45, 2.75) is 25.6 Å². The molecule has 51 valence electrons. The van der Waals surface area contributed by atoms with Crippen LogP contribution in [-0.2, 0) is 9.47 Å². The summed E-state index contributed by atoms with van der Waals surface area (Å²) in [7, 11) is 0. The van der Waals surface area contributed by atoms with Crippen LogP contribution in [0.25, 0.3) is 0 Å². The van der Waals surface area contributed by atoms with Crippen molar-refractivity contribution >= 4 is 6.16 Å². The van der Waals surface area contributed by atoms with Crippen LogP contribution in [0.15, 0.2) is 0 Å². The number of rotatable bonds is 1. The fourth-order valence-electron chi connectivity index (χ4n) is 0.773. The summed E-state index contributed by atoms with van der Waals surface area (Å²) in [5.74, 6) is 0. The maximum absolute atomic E-state index is 10.3. The van der Waals surface area contributed by atoms with Crippen LogP contribution in [0.5, 0.6) is 0 Å². The van der Waals surface area contributed by atoms with Crippen LogP contribution < -0.4 is 0 Å². The Kier molecular flexibility index (Phi) is 1.60. The third kappa shape index (κ3) is 1.15. The summed E-state index contributed by atoms with van der Waals surface area (Å²) in [6.45, 7) is 5.49. The first-order valence-corrected chi connectivity index (χ1v) is 2.94. The Hall–Kier alpha value is -0.730. The van der Waals surface area contributed by atoms with E-state index < -0.39 is 6.16 Å². The predicted octanol–water partition coefficient (Wildman–Crippen LogP) is 1.13. The summed E-state index contributed by atoms with van der Waals surface area (Å²) in [5.41, 5.74) is 0. The molecule has 0 aliphatic carbocycles. The van der Waals surface area contributed by atoms with Crippen molar-refractivity contribution in [2.75, 3.05) is 0 Å². The zero-order chi connectivity index (χ0) is 6.85. The second kappa shape index (κ2) is 2.25. The lowest BCUT2D eigenvalue weighted by Crippen LogP contribution is -2.17. The molecule has 1 heterocycles. The van der Waals surface area contributed by atoms with Crippen LogP contribution in [0.4, 0.5) is 4.79 Å². The highest BCUT2D eigenvalue weighted by atomic mass is 16.8. The molecule has 0 amide bonds. The molecule has 0 bridgehead atoms. The lowest BCUT2D eigenvalue weighted by molar-refractivity contribution is 0.116. The largest absolute Gasteiger partial charge is 0.509 e. The van der Waals surface area contributed by atoms with Crippen molar-refractivity contribution in [3.8, 4) is 0 Å². The normalized spacial score (nSPS) is 33.8. The average Bonchev–Trinajstić information content (AvgIpc) is 2.10. The van der Waals surface area contributed by atoms with Gasteiger partial charge in [0, 0.05) is 0 Å². The van der Waals surface area contributed by atoms with Gasteiger partial charge >= 0.3 is 6.16 Å². The maximum atomic E-state index is 10.3. The highest BCUT2D eigenvalue weighted by Crippen LogP contribution is 2.16. The summed E-state index contributed by atoms with van der Waals surface area (Å²) in [6, 6.07) is 0. The Bertz CT molecular complexity index is 121. The minimum absolute atomic E-state index is 0.141. The molecular formula is C6H9O3. The third-order valence-corrected chi connectivity index (χ3v) is 1.31. The highest BCUT2D eigenvalue weighted by Gasteiger charge is 2.31. The van der Waals surface area contributed by atoms with Crippen LogP contribution in [0, 0.1) is 6.92 Å². The Morgan fingerprint density at radius 3 is 2.56 bits per heavy atom. The van der Waals surface area contributed by atoms with Gasteiger partial charge in [0.05, 0.1) is 0 Å². The predicted molar refractivity (Wildman–Crippen MR) is 30.8 cm³/mol. The molecule has 9 heavy (non-hydrogen) atoms. The standard InChI is InChI=1S/C6H9O3/c1-3-5-4(2)8-6(7)9-5/h4-5H,2-3H2,1H3. The van der Waals surface area contributed by atoms with Gasteiger partial charge in [-0.15, -0.1) is 0 Å². The molecule has 1 radical (unpaired) electrons. The van der Waals surface area contributed by atoms with Crippen molar-refractivity contribution in [2.24, 2.45) is 0 Å². The van der Waals surface area contributed by atoms with Gasteiger partial charge in [-0.2, -0.15) is 0 Å². The first kappa shape index (κ1) is 6.39. The van der Waals surface area contributed by atoms with Crippen LogP contribution in [-0.4, -0.2) is 18.4 Å². The molecule has 0 aromatic rings. The van der Waals surface area contributed by atoms with Crippen molar-refractivity contribution in [1.82, 2.24) is 0 Å². The van der Waals surface area contributed by atoms with Crippen LogP contribution >= 0.6 is 0 Å². The van der Waals surface area contributed by atoms with Crippen LogP contribution in [0.1, 0.15) is 13.3 Å². The van der Waals surface area contributed by atoms with Gasteiger partial charge in [0.1, 0.15) is 12.2 Å². The van der Waals surface area contributed by atoms with Gasteiger partial charge in [-0.1, -0.05) is 6.92 Å². The molecule has 3 heteroatoms. The Balaban J connectivity index is 2.47. The van der Waals surface area contributed by atoms with Crippen LogP contribution in [0.3, 0.4) is 0 Å². The van der Waals surface area contributed by atoms with Gasteiger partial charge < -0.3 is 9.47 Å². The molecular weight excluding hydrogens is 120 g/mol. The number of ether oxygens (including phenoxy) is 2. The molecule has 2 unspecified atom stereocenters. The van der Waals surface area contributed by atoms with Gasteiger partial charge in [-0.25, -0.2) is 4.79 Å². The fourth-order valence-corrected chi connectivity index (χ4v) is 0.773. The zero-order valence-electron chi connectivity index (χ0n) is 5.29. The number of hydrogen-bond acceptors (Lipinski definition) is 3. The van der Waals surface area contributed by atoms with Gasteiger partial charge in [-0.3, -0.25) is 0 Å². The van der Waals surface area contributed by atoms with Gasteiger partial charge in [0.25, 0.3) is 0 Å². The highest BCUT2D eigenvalue weighted by molar-refractivity contribution is 5.62. The molecule has 1 rings (SSSR count). The lowest BCUT2D eigenvalue weighted by Gasteiger charge is -2.05. The Morgan fingerprint density at radius 1 is 1.67 bits per heavy atom. The van der Waals surface area contributed by atoms with Crippen molar-refractivity contribution in [3.05, 3.63) is 6.92 Å². The van der Waals surface area contributed by atoms with Crippen molar-refractivity contribution < 1.29 is 14.3 Å². The third-order valence-electron chi connectivity index (χ3n) is 1.31.